The van der Waals surface area contributed by atoms with Crippen LogP contribution in [0.3, 0.4) is 0 Å². The number of fused-ring (bicyclic) bond motifs is 1. The number of nitrogens with zero attached hydrogens (tertiary/aromatic N) is 1. The number of para-hydroxylation sites is 2. The summed E-state index contributed by atoms with van der Waals surface area (Å²) in [6.07, 6.45) is 1.21. The lowest BCUT2D eigenvalue weighted by molar-refractivity contribution is -0.123. The first-order valence-electron chi connectivity index (χ1n) is 12.3. The number of hydrogen-bond acceptors (Lipinski definition) is 5. The summed E-state index contributed by atoms with van der Waals surface area (Å²) >= 11 is 0. The number of hydrogen-bond donors (Lipinski definition) is 3. The SMILES string of the molecule is O=C1CC(c2ccc(C[C@H](NC(=O)C3C[C@H]3c3ccccc3)c3nc4ccccc4[nH]3)cc2)S(=O)(=O)N1. The molecule has 2 heterocycles. The van der Waals surface area contributed by atoms with Crippen LogP contribution in [0.4, 0.5) is 0 Å². The van der Waals surface area contributed by atoms with Gasteiger partial charge in [0.2, 0.25) is 21.8 Å². The standard InChI is InChI=1S/C28H26N4O4S/c33-26-16-25(37(35,36)32-26)19-12-10-17(11-13-19)14-24(27-29-22-8-4-5-9-23(22)30-27)31-28(34)21-15-20(21)18-6-2-1-3-7-18/h1-13,20-21,24-25H,14-16H2,(H,29,30)(H,31,34)(H,32,33)/t20-,21?,24-,25?/m0/s1. The highest BCUT2D eigenvalue weighted by molar-refractivity contribution is 7.90. The fraction of sp³-hybridized carbons (Fsp3) is 0.250. The molecule has 1 saturated carbocycles. The largest absolute Gasteiger partial charge is 0.346 e. The van der Waals surface area contributed by atoms with Crippen molar-refractivity contribution in [2.45, 2.75) is 36.5 Å². The zero-order chi connectivity index (χ0) is 25.6. The van der Waals surface area contributed by atoms with Gasteiger partial charge in [-0.1, -0.05) is 66.7 Å². The summed E-state index contributed by atoms with van der Waals surface area (Å²) in [7, 11) is -3.70. The summed E-state index contributed by atoms with van der Waals surface area (Å²) in [5.41, 5.74) is 4.37. The van der Waals surface area contributed by atoms with E-state index in [0.717, 1.165) is 23.0 Å². The van der Waals surface area contributed by atoms with Gasteiger partial charge in [0.1, 0.15) is 11.1 Å². The molecule has 1 saturated heterocycles. The van der Waals surface area contributed by atoms with E-state index in [1.54, 1.807) is 12.1 Å². The lowest BCUT2D eigenvalue weighted by Crippen LogP contribution is -2.32. The number of carbonyl (C=O) groups excluding carboxylic acids is 2. The summed E-state index contributed by atoms with van der Waals surface area (Å²) in [4.78, 5) is 32.9. The van der Waals surface area contributed by atoms with Crippen molar-refractivity contribution >= 4 is 32.9 Å². The quantitative estimate of drug-likeness (QED) is 0.348. The van der Waals surface area contributed by atoms with Gasteiger partial charge >= 0.3 is 0 Å². The molecule has 0 bridgehead atoms. The monoisotopic (exact) mass is 514 g/mol. The molecule has 188 valence electrons. The zero-order valence-electron chi connectivity index (χ0n) is 19.9. The molecule has 0 spiro atoms. The van der Waals surface area contributed by atoms with E-state index in [9.17, 15) is 18.0 Å². The van der Waals surface area contributed by atoms with Crippen molar-refractivity contribution in [1.82, 2.24) is 20.0 Å². The molecule has 9 heteroatoms. The second kappa shape index (κ2) is 9.15. The van der Waals surface area contributed by atoms with Gasteiger partial charge < -0.3 is 10.3 Å². The summed E-state index contributed by atoms with van der Waals surface area (Å²) in [6.45, 7) is 0. The lowest BCUT2D eigenvalue weighted by Gasteiger charge is -2.18. The van der Waals surface area contributed by atoms with Crippen LogP contribution in [0.5, 0.6) is 0 Å². The van der Waals surface area contributed by atoms with Crippen LogP contribution in [0, 0.1) is 5.92 Å². The van der Waals surface area contributed by atoms with Crippen LogP contribution in [0.2, 0.25) is 0 Å². The van der Waals surface area contributed by atoms with Gasteiger partial charge in [-0.2, -0.15) is 0 Å². The van der Waals surface area contributed by atoms with Crippen LogP contribution in [0.25, 0.3) is 11.0 Å². The molecule has 37 heavy (non-hydrogen) atoms. The van der Waals surface area contributed by atoms with Crippen molar-refractivity contribution in [1.29, 1.82) is 0 Å². The van der Waals surface area contributed by atoms with Gasteiger partial charge in [-0.15, -0.1) is 0 Å². The molecule has 0 radical (unpaired) electrons. The smallest absolute Gasteiger partial charge is 0.242 e. The van der Waals surface area contributed by atoms with Crippen LogP contribution >= 0.6 is 0 Å². The van der Waals surface area contributed by atoms with Gasteiger partial charge in [0.05, 0.1) is 23.5 Å². The molecule has 2 aliphatic rings. The summed E-state index contributed by atoms with van der Waals surface area (Å²) in [5.74, 6) is 0.327. The first-order chi connectivity index (χ1) is 17.9. The molecule has 1 aliphatic carbocycles. The van der Waals surface area contributed by atoms with Crippen LogP contribution < -0.4 is 10.0 Å². The van der Waals surface area contributed by atoms with Gasteiger partial charge in [-0.3, -0.25) is 14.3 Å². The van der Waals surface area contributed by atoms with Crippen molar-refractivity contribution in [3.63, 3.8) is 0 Å². The highest BCUT2D eigenvalue weighted by Crippen LogP contribution is 2.47. The predicted octanol–water partition coefficient (Wildman–Crippen LogP) is 3.66. The maximum atomic E-state index is 13.3. The Morgan fingerprint density at radius 3 is 2.41 bits per heavy atom. The Labute approximate surface area is 214 Å². The minimum atomic E-state index is -3.70. The molecule has 2 amide bonds. The molecular formula is C28H26N4O4S. The Bertz CT molecular complexity index is 1550. The highest BCUT2D eigenvalue weighted by atomic mass is 32.2. The van der Waals surface area contributed by atoms with Crippen molar-refractivity contribution in [2.24, 2.45) is 5.92 Å². The molecule has 2 fully saturated rings. The van der Waals surface area contributed by atoms with E-state index in [2.05, 4.69) is 22.4 Å². The normalized spacial score (nSPS) is 22.9. The summed E-state index contributed by atoms with van der Waals surface area (Å²) < 4.78 is 26.5. The van der Waals surface area contributed by atoms with Crippen molar-refractivity contribution < 1.29 is 18.0 Å². The number of nitrogens with one attached hydrogen (secondary N) is 3. The van der Waals surface area contributed by atoms with Crippen LogP contribution in [0.1, 0.15) is 52.6 Å². The minimum Gasteiger partial charge on any atom is -0.346 e. The molecule has 2 unspecified atom stereocenters. The van der Waals surface area contributed by atoms with Gasteiger partial charge in [0.15, 0.2) is 0 Å². The number of aromatic amines is 1. The average molecular weight is 515 g/mol. The van der Waals surface area contributed by atoms with Crippen LogP contribution in [0.15, 0.2) is 78.9 Å². The van der Waals surface area contributed by atoms with Crippen LogP contribution in [-0.4, -0.2) is 30.2 Å². The Kier molecular flexibility index (Phi) is 5.79. The molecule has 4 aromatic rings. The molecule has 3 N–H and O–H groups in total. The van der Waals surface area contributed by atoms with Crippen molar-refractivity contribution in [2.75, 3.05) is 0 Å². The molecule has 1 aliphatic heterocycles. The number of amides is 2. The zero-order valence-corrected chi connectivity index (χ0v) is 20.7. The van der Waals surface area contributed by atoms with E-state index < -0.39 is 21.2 Å². The maximum Gasteiger partial charge on any atom is 0.242 e. The van der Waals surface area contributed by atoms with E-state index in [0.29, 0.717) is 17.8 Å². The maximum absolute atomic E-state index is 13.3. The summed E-state index contributed by atoms with van der Waals surface area (Å²) in [6, 6.07) is 24.6. The van der Waals surface area contributed by atoms with E-state index in [1.165, 1.54) is 5.56 Å². The third kappa shape index (κ3) is 4.74. The molecule has 6 rings (SSSR count). The average Bonchev–Trinajstić information content (AvgIpc) is 3.50. The Morgan fingerprint density at radius 2 is 1.70 bits per heavy atom. The number of imidazole rings is 1. The number of rotatable bonds is 7. The Hall–Kier alpha value is -3.98. The fourth-order valence-corrected chi connectivity index (χ4v) is 6.57. The predicted molar refractivity (Wildman–Crippen MR) is 139 cm³/mol. The third-order valence-electron chi connectivity index (χ3n) is 7.20. The van der Waals surface area contributed by atoms with E-state index in [4.69, 9.17) is 4.98 Å². The van der Waals surface area contributed by atoms with Crippen LogP contribution in [-0.2, 0) is 26.0 Å². The molecule has 1 aromatic heterocycles. The second-order valence-electron chi connectivity index (χ2n) is 9.77. The van der Waals surface area contributed by atoms with Gasteiger partial charge in [0, 0.05) is 5.92 Å². The van der Waals surface area contributed by atoms with Gasteiger partial charge in [-0.25, -0.2) is 13.4 Å². The fourth-order valence-electron chi connectivity index (χ4n) is 5.14. The van der Waals surface area contributed by atoms with E-state index in [-0.39, 0.29) is 30.2 Å². The van der Waals surface area contributed by atoms with Crippen molar-refractivity contribution in [3.05, 3.63) is 101 Å². The van der Waals surface area contributed by atoms with Gasteiger partial charge in [0.25, 0.3) is 0 Å². The van der Waals surface area contributed by atoms with Gasteiger partial charge in [-0.05, 0) is 47.6 Å². The Balaban J connectivity index is 1.23. The van der Waals surface area contributed by atoms with Crippen molar-refractivity contribution in [3.8, 4) is 0 Å². The topological polar surface area (TPSA) is 121 Å². The summed E-state index contributed by atoms with van der Waals surface area (Å²) in [5, 5.41) is 2.33. The number of sulfonamides is 1. The van der Waals surface area contributed by atoms with E-state index >= 15 is 0 Å². The first-order valence-corrected chi connectivity index (χ1v) is 13.9. The molecule has 3 aromatic carbocycles. The second-order valence-corrected chi connectivity index (χ2v) is 11.6. The number of carbonyl (C=O) groups is 2. The molecular weight excluding hydrogens is 488 g/mol. The molecule has 8 nitrogen and oxygen atoms in total. The Morgan fingerprint density at radius 1 is 0.973 bits per heavy atom. The molecule has 4 atom stereocenters. The number of benzene rings is 3. The minimum absolute atomic E-state index is 0.00225. The third-order valence-corrected chi connectivity index (χ3v) is 8.90. The number of aromatic nitrogens is 2. The lowest BCUT2D eigenvalue weighted by atomic mass is 10.0. The highest BCUT2D eigenvalue weighted by Gasteiger charge is 2.44. The number of H-pyrrole nitrogens is 1. The first kappa shape index (κ1) is 23.4. The van der Waals surface area contributed by atoms with E-state index in [1.807, 2.05) is 59.3 Å².